The van der Waals surface area contributed by atoms with Gasteiger partial charge in [0, 0.05) is 56.8 Å². The molecule has 7 N–H and O–H groups in total. The number of aromatic amines is 1. The van der Waals surface area contributed by atoms with Gasteiger partial charge in [0.2, 0.25) is 24.0 Å². The van der Waals surface area contributed by atoms with Crippen molar-refractivity contribution in [2.75, 3.05) is 45.9 Å². The van der Waals surface area contributed by atoms with Crippen LogP contribution in [-0.4, -0.2) is 140 Å². The maximum Gasteiger partial charge on any atom is 0.247 e. The number of carbonyl (C=O) groups excluding carboxylic acids is 2. The van der Waals surface area contributed by atoms with E-state index < -0.39 is 42.9 Å². The van der Waals surface area contributed by atoms with Gasteiger partial charge < -0.3 is 45.2 Å². The van der Waals surface area contributed by atoms with E-state index in [1.165, 1.54) is 0 Å². The van der Waals surface area contributed by atoms with Gasteiger partial charge in [-0.2, -0.15) is 0 Å². The molecule has 2 aromatic rings. The van der Waals surface area contributed by atoms with Crippen LogP contribution >= 0.6 is 0 Å². The van der Waals surface area contributed by atoms with Crippen molar-refractivity contribution in [3.8, 4) is 5.88 Å². The predicted octanol–water partition coefficient (Wildman–Crippen LogP) is -0.0350. The minimum atomic E-state index is -1.56. The summed E-state index contributed by atoms with van der Waals surface area (Å²) in [4.78, 5) is 29.8. The second-order valence-corrected chi connectivity index (χ2v) is 13.7. The third-order valence-electron chi connectivity index (χ3n) is 9.22. The Morgan fingerprint density at radius 1 is 1.10 bits per heavy atom. The summed E-state index contributed by atoms with van der Waals surface area (Å²) in [6, 6.07) is 6.14. The molecule has 2 aliphatic heterocycles. The monoisotopic (exact) mass is 675 g/mol. The topological polar surface area (TPSA) is 201 Å². The Labute approximate surface area is 282 Å². The number of benzene rings is 1. The number of H-pyrrole nitrogens is 1. The molecule has 0 radical (unpaired) electrons. The predicted molar refractivity (Wildman–Crippen MR) is 176 cm³/mol. The fourth-order valence-electron chi connectivity index (χ4n) is 6.31. The Hall–Kier alpha value is -3.11. The first-order chi connectivity index (χ1) is 22.7. The van der Waals surface area contributed by atoms with E-state index in [1.807, 2.05) is 32.9 Å². The van der Waals surface area contributed by atoms with Crippen molar-refractivity contribution in [1.29, 1.82) is 0 Å². The number of ether oxygens (including phenoxy) is 2. The van der Waals surface area contributed by atoms with Gasteiger partial charge in [-0.15, -0.1) is 5.10 Å². The molecule has 0 aliphatic carbocycles. The summed E-state index contributed by atoms with van der Waals surface area (Å²) in [7, 11) is 0. The summed E-state index contributed by atoms with van der Waals surface area (Å²) in [6.07, 6.45) is -5.00. The van der Waals surface area contributed by atoms with E-state index in [2.05, 4.69) is 26.5 Å². The van der Waals surface area contributed by atoms with Gasteiger partial charge in [-0.3, -0.25) is 19.6 Å². The average molecular weight is 676 g/mol. The largest absolute Gasteiger partial charge is 0.443 e. The molecule has 2 amide bonds. The number of nitrogens with zero attached hydrogens (tertiary/aromatic N) is 3. The van der Waals surface area contributed by atoms with Crippen molar-refractivity contribution >= 4 is 11.8 Å². The number of aliphatic hydroxyl groups excluding tert-OH is 5. The molecule has 4 rings (SSSR count). The lowest BCUT2D eigenvalue weighted by Gasteiger charge is -2.39. The molecule has 1 aromatic carbocycles. The summed E-state index contributed by atoms with van der Waals surface area (Å²) in [6.45, 7) is 12.2. The number of piperazine rings is 1. The molecule has 0 spiro atoms. The SMILES string of the molecule is Cc1cc(CCCC(=O)NC(C)(C)C(=O)N2CCN(CCO)CC2)ccc1Cc1c(O[C@@H]2O[C@H](CO)[C@@H](O)[C@H](O)[C@H]2O)n[nH]c1C(C)C. The number of amides is 2. The van der Waals surface area contributed by atoms with E-state index in [9.17, 15) is 30.0 Å². The normalized spacial score (nSPS) is 23.8. The Balaban J connectivity index is 1.33. The number of hydrogen-bond acceptors (Lipinski definition) is 11. The molecule has 14 heteroatoms. The van der Waals surface area contributed by atoms with Crippen LogP contribution in [0.15, 0.2) is 18.2 Å². The number of carbonyl (C=O) groups is 2. The van der Waals surface area contributed by atoms with Gasteiger partial charge in [0.1, 0.15) is 30.0 Å². The van der Waals surface area contributed by atoms with Crippen molar-refractivity contribution in [2.45, 2.75) is 102 Å². The molecule has 1 aromatic heterocycles. The fraction of sp³-hybridized carbons (Fsp3) is 0.676. The highest BCUT2D eigenvalue weighted by atomic mass is 16.7. The van der Waals surface area contributed by atoms with Crippen LogP contribution < -0.4 is 10.1 Å². The van der Waals surface area contributed by atoms with Crippen LogP contribution in [0, 0.1) is 6.92 Å². The maximum atomic E-state index is 13.1. The smallest absolute Gasteiger partial charge is 0.247 e. The molecule has 0 unspecified atom stereocenters. The lowest BCUT2D eigenvalue weighted by Crippen LogP contribution is -2.60. The lowest BCUT2D eigenvalue weighted by atomic mass is 9.94. The zero-order valence-electron chi connectivity index (χ0n) is 28.7. The van der Waals surface area contributed by atoms with Gasteiger partial charge in [-0.05, 0) is 56.2 Å². The van der Waals surface area contributed by atoms with Crippen molar-refractivity contribution in [1.82, 2.24) is 25.3 Å². The first-order valence-corrected chi connectivity index (χ1v) is 16.8. The number of β-amino-alcohol motifs (C(OH)–C–C–N with tert-alkyl or cyclic N) is 1. The van der Waals surface area contributed by atoms with Crippen LogP contribution in [0.1, 0.15) is 74.4 Å². The summed E-state index contributed by atoms with van der Waals surface area (Å²) in [5.74, 6) is -0.00460. The molecular weight excluding hydrogens is 622 g/mol. The standard InChI is InChI=1S/C34H53N5O9/c1-20(2)27-24(31(37-36-27)48-32-30(45)29(44)28(43)25(19-41)47-32)18-23-10-9-22(17-21(23)3)7-6-8-26(42)35-34(4,5)33(46)39-13-11-38(12-14-39)15-16-40/h9-10,17,20,25,28-30,32,40-41,43-45H,6-8,11-16,18-19H2,1-5H3,(H,35,42)(H,36,37)/t25-,28-,29+,30-,32+/m1/s1. The van der Waals surface area contributed by atoms with Crippen LogP contribution in [0.2, 0.25) is 0 Å². The fourth-order valence-corrected chi connectivity index (χ4v) is 6.31. The zero-order valence-corrected chi connectivity index (χ0v) is 28.7. The molecule has 0 saturated carbocycles. The Kier molecular flexibility index (Phi) is 13.0. The molecule has 14 nitrogen and oxygen atoms in total. The van der Waals surface area contributed by atoms with Crippen molar-refractivity contribution in [2.24, 2.45) is 0 Å². The van der Waals surface area contributed by atoms with Crippen molar-refractivity contribution in [3.05, 3.63) is 46.1 Å². The third kappa shape index (κ3) is 9.11. The maximum absolute atomic E-state index is 13.1. The van der Waals surface area contributed by atoms with Crippen LogP contribution in [0.5, 0.6) is 5.88 Å². The van der Waals surface area contributed by atoms with E-state index in [0.717, 1.165) is 27.9 Å². The van der Waals surface area contributed by atoms with Crippen LogP contribution in [0.3, 0.4) is 0 Å². The highest BCUT2D eigenvalue weighted by molar-refractivity contribution is 5.90. The zero-order chi connectivity index (χ0) is 35.2. The molecule has 3 heterocycles. The average Bonchev–Trinajstić information content (AvgIpc) is 3.44. The molecule has 48 heavy (non-hydrogen) atoms. The van der Waals surface area contributed by atoms with Crippen LogP contribution in [-0.2, 0) is 27.2 Å². The molecule has 268 valence electrons. The van der Waals surface area contributed by atoms with Gasteiger partial charge in [-0.25, -0.2) is 0 Å². The molecular formula is C34H53N5O9. The van der Waals surface area contributed by atoms with Gasteiger partial charge in [0.25, 0.3) is 0 Å². The third-order valence-corrected chi connectivity index (χ3v) is 9.22. The van der Waals surface area contributed by atoms with E-state index in [0.29, 0.717) is 52.0 Å². The van der Waals surface area contributed by atoms with Crippen LogP contribution in [0.25, 0.3) is 0 Å². The van der Waals surface area contributed by atoms with Gasteiger partial charge >= 0.3 is 0 Å². The first-order valence-electron chi connectivity index (χ1n) is 16.8. The number of rotatable bonds is 14. The molecule has 0 bridgehead atoms. The van der Waals surface area contributed by atoms with Crippen molar-refractivity contribution < 1.29 is 44.6 Å². The van der Waals surface area contributed by atoms with E-state index >= 15 is 0 Å². The number of aliphatic hydroxyl groups is 5. The number of hydrogen-bond donors (Lipinski definition) is 7. The number of aromatic nitrogens is 2. The van der Waals surface area contributed by atoms with Gasteiger partial charge in [0.15, 0.2) is 0 Å². The lowest BCUT2D eigenvalue weighted by molar-refractivity contribution is -0.278. The highest BCUT2D eigenvalue weighted by Gasteiger charge is 2.45. The summed E-state index contributed by atoms with van der Waals surface area (Å²) < 4.78 is 11.5. The van der Waals surface area contributed by atoms with E-state index in [1.54, 1.807) is 18.7 Å². The second-order valence-electron chi connectivity index (χ2n) is 13.7. The first kappa shape index (κ1) is 37.7. The summed E-state index contributed by atoms with van der Waals surface area (Å²) in [5, 5.41) is 59.7. The second kappa shape index (κ2) is 16.5. The van der Waals surface area contributed by atoms with Crippen LogP contribution in [0.4, 0.5) is 0 Å². The Morgan fingerprint density at radius 3 is 2.44 bits per heavy atom. The summed E-state index contributed by atoms with van der Waals surface area (Å²) >= 11 is 0. The quantitative estimate of drug-likeness (QED) is 0.142. The van der Waals surface area contributed by atoms with E-state index in [-0.39, 0.29) is 36.6 Å². The Bertz CT molecular complexity index is 1370. The highest BCUT2D eigenvalue weighted by Crippen LogP contribution is 2.32. The molecule has 2 fully saturated rings. The number of nitrogens with one attached hydrogen (secondary N) is 2. The minimum Gasteiger partial charge on any atom is -0.443 e. The van der Waals surface area contributed by atoms with Gasteiger partial charge in [-0.1, -0.05) is 32.0 Å². The Morgan fingerprint density at radius 2 is 1.81 bits per heavy atom. The van der Waals surface area contributed by atoms with Gasteiger partial charge in [0.05, 0.1) is 13.2 Å². The number of aryl methyl sites for hydroxylation is 2. The van der Waals surface area contributed by atoms with E-state index in [4.69, 9.17) is 14.6 Å². The molecule has 5 atom stereocenters. The molecule has 2 aliphatic rings. The minimum absolute atomic E-state index is 0.0766. The van der Waals surface area contributed by atoms with Crippen molar-refractivity contribution in [3.63, 3.8) is 0 Å². The summed E-state index contributed by atoms with van der Waals surface area (Å²) in [5.41, 5.74) is 3.73. The molecule has 2 saturated heterocycles.